The summed E-state index contributed by atoms with van der Waals surface area (Å²) in [7, 11) is 0. The molecule has 4 amide bonds. The van der Waals surface area contributed by atoms with Gasteiger partial charge in [-0.2, -0.15) is 0 Å². The molecule has 10 nitrogen and oxygen atoms in total. The number of nitrogen functional groups attached to an aromatic ring is 1. The molecule has 4 aromatic rings. The number of fused-ring (bicyclic) bond motifs is 1. The molecule has 1 saturated heterocycles. The average Bonchev–Trinajstić information content (AvgIpc) is 3.24. The van der Waals surface area contributed by atoms with Crippen molar-refractivity contribution in [2.75, 3.05) is 13.2 Å². The highest BCUT2D eigenvalue weighted by Gasteiger charge is 2.55. The Hall–Kier alpha value is -5.51. The molecule has 254 valence electrons. The molecule has 1 fully saturated rings. The number of nitrogens with one attached hydrogen (secondary N) is 2. The maximum absolute atomic E-state index is 14.3. The Morgan fingerprint density at radius 2 is 1.59 bits per heavy atom. The Bertz CT molecular complexity index is 1900. The fourth-order valence-corrected chi connectivity index (χ4v) is 6.18. The van der Waals surface area contributed by atoms with E-state index in [1.165, 1.54) is 4.90 Å². The third-order valence-corrected chi connectivity index (χ3v) is 9.07. The van der Waals surface area contributed by atoms with Crippen molar-refractivity contribution >= 4 is 40.4 Å². The van der Waals surface area contributed by atoms with Gasteiger partial charge in [0.05, 0.1) is 19.1 Å². The highest BCUT2D eigenvalue weighted by atomic mass is 16.5. The topological polar surface area (TPSA) is 146 Å². The summed E-state index contributed by atoms with van der Waals surface area (Å²) in [6.07, 6.45) is -0.120. The second kappa shape index (κ2) is 13.9. The van der Waals surface area contributed by atoms with Crippen molar-refractivity contribution in [1.82, 2.24) is 15.1 Å². The molecule has 0 saturated carbocycles. The minimum Gasteiger partial charge on any atom is -0.466 e. The van der Waals surface area contributed by atoms with Gasteiger partial charge in [-0.25, -0.2) is 4.79 Å². The van der Waals surface area contributed by atoms with Crippen LogP contribution in [0.15, 0.2) is 91.0 Å². The van der Waals surface area contributed by atoms with E-state index in [1.807, 2.05) is 66.7 Å². The van der Waals surface area contributed by atoms with Gasteiger partial charge in [-0.3, -0.25) is 24.7 Å². The SMILES string of the molecule is CCOC(=O)CC(NC(=O)CN1C(=O)N(Cc2ccc3ccccc3c2)C(C)(c2ccc(C(=N)N)cc2)C1=O)c1ccc(C(C)(C)C)cc1. The number of ether oxygens (including phenoxy) is 1. The minimum absolute atomic E-state index is 0.0906. The molecule has 0 aliphatic carbocycles. The molecule has 1 heterocycles. The fourth-order valence-electron chi connectivity index (χ4n) is 6.18. The van der Waals surface area contributed by atoms with Crippen LogP contribution in [0.4, 0.5) is 4.79 Å². The van der Waals surface area contributed by atoms with Crippen molar-refractivity contribution in [1.29, 1.82) is 5.41 Å². The number of carbonyl (C=O) groups is 4. The van der Waals surface area contributed by atoms with Crippen LogP contribution in [0.1, 0.15) is 74.9 Å². The van der Waals surface area contributed by atoms with Crippen LogP contribution < -0.4 is 11.1 Å². The van der Waals surface area contributed by atoms with Crippen molar-refractivity contribution in [2.24, 2.45) is 5.73 Å². The predicted octanol–water partition coefficient (Wildman–Crippen LogP) is 5.91. The van der Waals surface area contributed by atoms with Crippen molar-refractivity contribution < 1.29 is 23.9 Å². The van der Waals surface area contributed by atoms with E-state index in [0.29, 0.717) is 16.7 Å². The lowest BCUT2D eigenvalue weighted by Gasteiger charge is -2.32. The molecule has 0 bridgehead atoms. The summed E-state index contributed by atoms with van der Waals surface area (Å²) in [5.74, 6) is -1.77. The minimum atomic E-state index is -1.47. The van der Waals surface area contributed by atoms with Gasteiger partial charge in [0.25, 0.3) is 5.91 Å². The lowest BCUT2D eigenvalue weighted by molar-refractivity contribution is -0.144. The van der Waals surface area contributed by atoms with Gasteiger partial charge in [-0.05, 0) is 58.4 Å². The zero-order valence-corrected chi connectivity index (χ0v) is 28.6. The Balaban J connectivity index is 1.45. The van der Waals surface area contributed by atoms with Gasteiger partial charge >= 0.3 is 12.0 Å². The number of hydrogen-bond donors (Lipinski definition) is 3. The van der Waals surface area contributed by atoms with E-state index in [9.17, 15) is 19.2 Å². The molecule has 10 heteroatoms. The Morgan fingerprint density at radius 1 is 0.939 bits per heavy atom. The number of carbonyl (C=O) groups excluding carboxylic acids is 4. The molecule has 2 atom stereocenters. The second-order valence-electron chi connectivity index (χ2n) is 13.5. The monoisotopic (exact) mass is 661 g/mol. The number of nitrogens with zero attached hydrogens (tertiary/aromatic N) is 2. The summed E-state index contributed by atoms with van der Waals surface area (Å²) in [5.41, 5.74) is 7.71. The highest BCUT2D eigenvalue weighted by molar-refractivity contribution is 6.09. The van der Waals surface area contributed by atoms with Gasteiger partial charge in [0.15, 0.2) is 0 Å². The number of rotatable bonds is 11. The van der Waals surface area contributed by atoms with Crippen molar-refractivity contribution in [3.63, 3.8) is 0 Å². The van der Waals surface area contributed by atoms with Crippen LogP contribution in [0.5, 0.6) is 0 Å². The van der Waals surface area contributed by atoms with E-state index in [4.69, 9.17) is 15.9 Å². The molecule has 0 spiro atoms. The fraction of sp³-hybridized carbons (Fsp3) is 0.308. The molecular weight excluding hydrogens is 618 g/mol. The Morgan fingerprint density at radius 3 is 2.20 bits per heavy atom. The molecule has 2 unspecified atom stereocenters. The van der Waals surface area contributed by atoms with Crippen LogP contribution >= 0.6 is 0 Å². The zero-order valence-electron chi connectivity index (χ0n) is 28.6. The Kier molecular flexibility index (Phi) is 9.89. The van der Waals surface area contributed by atoms with E-state index in [2.05, 4.69) is 26.1 Å². The third-order valence-electron chi connectivity index (χ3n) is 9.07. The van der Waals surface area contributed by atoms with Crippen LogP contribution in [-0.2, 0) is 36.6 Å². The molecule has 0 aromatic heterocycles. The van der Waals surface area contributed by atoms with E-state index in [0.717, 1.165) is 26.8 Å². The molecule has 5 rings (SSSR count). The molecular formula is C39H43N5O5. The molecule has 49 heavy (non-hydrogen) atoms. The summed E-state index contributed by atoms with van der Waals surface area (Å²) < 4.78 is 5.18. The first kappa shape index (κ1) is 34.8. The van der Waals surface area contributed by atoms with Crippen LogP contribution in [0.25, 0.3) is 10.8 Å². The van der Waals surface area contributed by atoms with Crippen molar-refractivity contribution in [3.05, 3.63) is 119 Å². The van der Waals surface area contributed by atoms with Crippen LogP contribution in [0.3, 0.4) is 0 Å². The van der Waals surface area contributed by atoms with Gasteiger partial charge in [-0.1, -0.05) is 106 Å². The average molecular weight is 662 g/mol. The van der Waals surface area contributed by atoms with Gasteiger partial charge in [0.2, 0.25) is 5.91 Å². The number of amides is 4. The van der Waals surface area contributed by atoms with Crippen molar-refractivity contribution in [2.45, 2.75) is 64.6 Å². The quantitative estimate of drug-likeness (QED) is 0.0789. The van der Waals surface area contributed by atoms with Crippen LogP contribution in [0.2, 0.25) is 0 Å². The van der Waals surface area contributed by atoms with Gasteiger partial charge < -0.3 is 20.7 Å². The number of imide groups is 1. The first-order chi connectivity index (χ1) is 23.2. The first-order valence-electron chi connectivity index (χ1n) is 16.3. The number of amidine groups is 1. The maximum atomic E-state index is 14.3. The normalized spacial score (nSPS) is 16.9. The first-order valence-corrected chi connectivity index (χ1v) is 16.3. The second-order valence-corrected chi connectivity index (χ2v) is 13.5. The molecule has 1 aliphatic heterocycles. The number of nitrogens with two attached hydrogens (primary N) is 1. The molecule has 4 aromatic carbocycles. The smallest absolute Gasteiger partial charge is 0.328 e. The Labute approximate surface area is 286 Å². The van der Waals surface area contributed by atoms with E-state index < -0.39 is 41.9 Å². The zero-order chi connectivity index (χ0) is 35.5. The number of hydrogen-bond acceptors (Lipinski definition) is 6. The maximum Gasteiger partial charge on any atom is 0.328 e. The standard InChI is InChI=1S/C39H43N5O5/c1-6-49-34(46)22-32(27-13-17-30(18-14-27)38(2,3)4)42-33(45)24-43-36(47)39(5,31-19-15-28(16-20-31)35(40)41)44(37(43)48)23-25-11-12-26-9-7-8-10-29(26)21-25/h7-21,32H,6,22-24H2,1-5H3,(H3,40,41)(H,42,45). The summed E-state index contributed by atoms with van der Waals surface area (Å²) in [5, 5.41) is 12.7. The van der Waals surface area contributed by atoms with Crippen LogP contribution in [-0.4, -0.2) is 52.6 Å². The summed E-state index contributed by atoms with van der Waals surface area (Å²) in [4.78, 5) is 57.1. The molecule has 1 aliphatic rings. The third kappa shape index (κ3) is 7.33. The van der Waals surface area contributed by atoms with E-state index >= 15 is 0 Å². The lowest BCUT2D eigenvalue weighted by atomic mass is 9.86. The van der Waals surface area contributed by atoms with E-state index in [1.54, 1.807) is 38.1 Å². The summed E-state index contributed by atoms with van der Waals surface area (Å²) in [6, 6.07) is 26.6. The predicted molar refractivity (Wildman–Crippen MR) is 189 cm³/mol. The van der Waals surface area contributed by atoms with Gasteiger partial charge in [0.1, 0.15) is 17.9 Å². The number of urea groups is 1. The number of esters is 1. The molecule has 4 N–H and O–H groups in total. The highest BCUT2D eigenvalue weighted by Crippen LogP contribution is 2.39. The largest absolute Gasteiger partial charge is 0.466 e. The van der Waals surface area contributed by atoms with Crippen molar-refractivity contribution in [3.8, 4) is 0 Å². The summed E-state index contributed by atoms with van der Waals surface area (Å²) >= 11 is 0. The van der Waals surface area contributed by atoms with Crippen LogP contribution in [0, 0.1) is 5.41 Å². The summed E-state index contributed by atoms with van der Waals surface area (Å²) in [6.45, 7) is 9.41. The molecule has 0 radical (unpaired) electrons. The lowest BCUT2D eigenvalue weighted by Crippen LogP contribution is -2.44. The van der Waals surface area contributed by atoms with Gasteiger partial charge in [-0.15, -0.1) is 0 Å². The van der Waals surface area contributed by atoms with E-state index in [-0.39, 0.29) is 30.8 Å². The van der Waals surface area contributed by atoms with Gasteiger partial charge in [0, 0.05) is 12.1 Å². The number of benzene rings is 4.